The molecule has 0 radical (unpaired) electrons. The summed E-state index contributed by atoms with van der Waals surface area (Å²) in [5, 5.41) is 5.35. The van der Waals surface area contributed by atoms with E-state index in [4.69, 9.17) is 0 Å². The highest BCUT2D eigenvalue weighted by Gasteiger charge is 2.24. The third kappa shape index (κ3) is 4.29. The number of anilines is 1. The fraction of sp³-hybridized carbons (Fsp3) is 0.500. The van der Waals surface area contributed by atoms with Gasteiger partial charge in [0, 0.05) is 18.3 Å². The molecule has 1 heterocycles. The van der Waals surface area contributed by atoms with Gasteiger partial charge in [-0.05, 0) is 50.6 Å². The van der Waals surface area contributed by atoms with Crippen LogP contribution in [0, 0.1) is 6.92 Å². The first kappa shape index (κ1) is 15.5. The molecule has 114 valence electrons. The van der Waals surface area contributed by atoms with Crippen molar-refractivity contribution in [2.45, 2.75) is 32.7 Å². The number of aryl methyl sites for hydroxylation is 1. The predicted molar refractivity (Wildman–Crippen MR) is 83.1 cm³/mol. The summed E-state index contributed by atoms with van der Waals surface area (Å²) >= 11 is 0. The minimum absolute atomic E-state index is 0.353. The number of benzene rings is 1. The zero-order valence-corrected chi connectivity index (χ0v) is 12.7. The van der Waals surface area contributed by atoms with Crippen LogP contribution in [-0.2, 0) is 9.59 Å². The van der Waals surface area contributed by atoms with E-state index in [1.54, 1.807) is 6.07 Å². The summed E-state index contributed by atoms with van der Waals surface area (Å²) in [6.45, 7) is 6.65. The lowest BCUT2D eigenvalue weighted by Gasteiger charge is -2.22. The number of likely N-dealkylation sites (tertiary alicyclic amines) is 1. The number of carbonyl (C=O) groups is 2. The third-order valence-corrected chi connectivity index (χ3v) is 3.89. The Morgan fingerprint density at radius 1 is 1.33 bits per heavy atom. The first-order valence-electron chi connectivity index (χ1n) is 7.50. The van der Waals surface area contributed by atoms with Crippen LogP contribution in [0.1, 0.15) is 25.3 Å². The van der Waals surface area contributed by atoms with Crippen LogP contribution >= 0.6 is 0 Å². The largest absolute Gasteiger partial charge is 0.346 e. The van der Waals surface area contributed by atoms with Crippen molar-refractivity contribution in [2.75, 3.05) is 25.0 Å². The summed E-state index contributed by atoms with van der Waals surface area (Å²) in [6.07, 6.45) is 2.23. The van der Waals surface area contributed by atoms with Crippen molar-refractivity contribution in [2.24, 2.45) is 0 Å². The van der Waals surface area contributed by atoms with E-state index >= 15 is 0 Å². The van der Waals surface area contributed by atoms with Crippen LogP contribution in [-0.4, -0.2) is 42.4 Å². The lowest BCUT2D eigenvalue weighted by molar-refractivity contribution is -0.136. The van der Waals surface area contributed by atoms with E-state index in [9.17, 15) is 9.59 Å². The molecule has 2 rings (SSSR count). The minimum Gasteiger partial charge on any atom is -0.346 e. The van der Waals surface area contributed by atoms with Crippen LogP contribution in [0.4, 0.5) is 5.69 Å². The van der Waals surface area contributed by atoms with Gasteiger partial charge in [0.1, 0.15) is 0 Å². The van der Waals surface area contributed by atoms with Crippen molar-refractivity contribution < 1.29 is 9.59 Å². The maximum atomic E-state index is 11.8. The molecule has 1 atom stereocenters. The number of nitrogens with zero attached hydrogens (tertiary/aromatic N) is 1. The lowest BCUT2D eigenvalue weighted by atomic mass is 10.2. The molecule has 2 N–H and O–H groups in total. The monoisotopic (exact) mass is 289 g/mol. The molecule has 0 aromatic heterocycles. The maximum Gasteiger partial charge on any atom is 0.313 e. The van der Waals surface area contributed by atoms with Crippen LogP contribution < -0.4 is 10.6 Å². The Morgan fingerprint density at radius 2 is 2.14 bits per heavy atom. The van der Waals surface area contributed by atoms with Crippen molar-refractivity contribution in [1.82, 2.24) is 10.2 Å². The molecular weight excluding hydrogens is 266 g/mol. The average molecular weight is 289 g/mol. The van der Waals surface area contributed by atoms with Gasteiger partial charge in [-0.1, -0.05) is 19.1 Å². The highest BCUT2D eigenvalue weighted by molar-refractivity contribution is 6.39. The summed E-state index contributed by atoms with van der Waals surface area (Å²) in [4.78, 5) is 26.0. The van der Waals surface area contributed by atoms with Crippen LogP contribution in [0.15, 0.2) is 24.3 Å². The molecule has 5 nitrogen and oxygen atoms in total. The Bertz CT molecular complexity index is 516. The number of amides is 2. The second-order valence-corrected chi connectivity index (χ2v) is 5.46. The van der Waals surface area contributed by atoms with Gasteiger partial charge in [0.05, 0.1) is 0 Å². The highest BCUT2D eigenvalue weighted by atomic mass is 16.2. The van der Waals surface area contributed by atoms with Gasteiger partial charge in [-0.15, -0.1) is 0 Å². The number of rotatable bonds is 4. The third-order valence-electron chi connectivity index (χ3n) is 3.89. The van der Waals surface area contributed by atoms with Gasteiger partial charge in [-0.3, -0.25) is 14.5 Å². The SMILES string of the molecule is CCN1CCC[C@H]1CNC(=O)C(=O)Nc1cccc(C)c1. The van der Waals surface area contributed by atoms with Gasteiger partial charge in [0.15, 0.2) is 0 Å². The number of hydrogen-bond acceptors (Lipinski definition) is 3. The fourth-order valence-electron chi connectivity index (χ4n) is 2.74. The molecule has 0 unspecified atom stereocenters. The summed E-state index contributed by atoms with van der Waals surface area (Å²) < 4.78 is 0. The maximum absolute atomic E-state index is 11.8. The minimum atomic E-state index is -0.610. The molecule has 1 aromatic rings. The van der Waals surface area contributed by atoms with Crippen LogP contribution in [0.25, 0.3) is 0 Å². The van der Waals surface area contributed by atoms with Crippen molar-refractivity contribution in [1.29, 1.82) is 0 Å². The van der Waals surface area contributed by atoms with Crippen LogP contribution in [0.3, 0.4) is 0 Å². The molecule has 0 saturated carbocycles. The van der Waals surface area contributed by atoms with E-state index < -0.39 is 11.8 Å². The Morgan fingerprint density at radius 3 is 2.86 bits per heavy atom. The van der Waals surface area contributed by atoms with Crippen molar-refractivity contribution in [3.8, 4) is 0 Å². The quantitative estimate of drug-likeness (QED) is 0.826. The van der Waals surface area contributed by atoms with Gasteiger partial charge in [0.25, 0.3) is 0 Å². The number of likely N-dealkylation sites (N-methyl/N-ethyl adjacent to an activating group) is 1. The Hall–Kier alpha value is -1.88. The van der Waals surface area contributed by atoms with E-state index in [1.165, 1.54) is 0 Å². The number of hydrogen-bond donors (Lipinski definition) is 2. The topological polar surface area (TPSA) is 61.4 Å². The number of nitrogens with one attached hydrogen (secondary N) is 2. The molecule has 1 saturated heterocycles. The second kappa shape index (κ2) is 7.22. The van der Waals surface area contributed by atoms with E-state index in [0.29, 0.717) is 18.3 Å². The average Bonchev–Trinajstić information content (AvgIpc) is 2.92. The van der Waals surface area contributed by atoms with Crippen LogP contribution in [0.5, 0.6) is 0 Å². The normalized spacial score (nSPS) is 18.5. The van der Waals surface area contributed by atoms with Crippen molar-refractivity contribution in [3.63, 3.8) is 0 Å². The van der Waals surface area contributed by atoms with Crippen molar-refractivity contribution in [3.05, 3.63) is 29.8 Å². The standard InChI is InChI=1S/C16H23N3O2/c1-3-19-9-5-8-14(19)11-17-15(20)16(21)18-13-7-4-6-12(2)10-13/h4,6-7,10,14H,3,5,8-9,11H2,1-2H3,(H,17,20)(H,18,21)/t14-/m0/s1. The van der Waals surface area contributed by atoms with Crippen LogP contribution in [0.2, 0.25) is 0 Å². The predicted octanol–water partition coefficient (Wildman–Crippen LogP) is 1.53. The molecule has 2 amide bonds. The zero-order chi connectivity index (χ0) is 15.2. The first-order chi connectivity index (χ1) is 10.1. The van der Waals surface area contributed by atoms with E-state index in [-0.39, 0.29) is 0 Å². The lowest BCUT2D eigenvalue weighted by Crippen LogP contribution is -2.43. The molecule has 1 aromatic carbocycles. The second-order valence-electron chi connectivity index (χ2n) is 5.46. The fourth-order valence-corrected chi connectivity index (χ4v) is 2.74. The highest BCUT2D eigenvalue weighted by Crippen LogP contribution is 2.15. The molecule has 1 aliphatic rings. The van der Waals surface area contributed by atoms with Gasteiger partial charge in [-0.2, -0.15) is 0 Å². The molecule has 21 heavy (non-hydrogen) atoms. The first-order valence-corrected chi connectivity index (χ1v) is 7.50. The van der Waals surface area contributed by atoms with E-state index in [2.05, 4.69) is 22.5 Å². The van der Waals surface area contributed by atoms with Gasteiger partial charge >= 0.3 is 11.8 Å². The van der Waals surface area contributed by atoms with Gasteiger partial charge < -0.3 is 10.6 Å². The molecule has 0 spiro atoms. The van der Waals surface area contributed by atoms with Gasteiger partial charge in [-0.25, -0.2) is 0 Å². The Kier molecular flexibility index (Phi) is 5.33. The molecule has 5 heteroatoms. The molecular formula is C16H23N3O2. The van der Waals surface area contributed by atoms with E-state index in [0.717, 1.165) is 31.5 Å². The molecule has 1 fully saturated rings. The number of carbonyl (C=O) groups excluding carboxylic acids is 2. The summed E-state index contributed by atoms with van der Waals surface area (Å²) in [6, 6.07) is 7.75. The van der Waals surface area contributed by atoms with E-state index in [1.807, 2.05) is 25.1 Å². The van der Waals surface area contributed by atoms with Gasteiger partial charge in [0.2, 0.25) is 0 Å². The van der Waals surface area contributed by atoms with Crippen molar-refractivity contribution >= 4 is 17.5 Å². The Labute approximate surface area is 125 Å². The molecule has 1 aliphatic heterocycles. The molecule has 0 aliphatic carbocycles. The zero-order valence-electron chi connectivity index (χ0n) is 12.7. The smallest absolute Gasteiger partial charge is 0.313 e. The molecule has 0 bridgehead atoms. The summed E-state index contributed by atoms with van der Waals surface area (Å²) in [5.41, 5.74) is 1.68. The summed E-state index contributed by atoms with van der Waals surface area (Å²) in [5.74, 6) is -1.18. The Balaban J connectivity index is 1.81. The summed E-state index contributed by atoms with van der Waals surface area (Å²) in [7, 11) is 0.